The maximum absolute atomic E-state index is 5.69. The van der Waals surface area contributed by atoms with Gasteiger partial charge in [0, 0.05) is 35.4 Å². The molecule has 0 fully saturated rings. The van der Waals surface area contributed by atoms with Crippen LogP contribution >= 0.6 is 11.3 Å². The van der Waals surface area contributed by atoms with E-state index in [-0.39, 0.29) is 0 Å². The molecular formula is C15H13N3S. The molecular weight excluding hydrogens is 254 g/mol. The van der Waals surface area contributed by atoms with Gasteiger partial charge in [0.15, 0.2) is 0 Å². The molecule has 0 spiro atoms. The number of rotatable bonds is 3. The van der Waals surface area contributed by atoms with E-state index in [2.05, 4.69) is 15.3 Å². The highest BCUT2D eigenvalue weighted by molar-refractivity contribution is 7.10. The fraction of sp³-hybridized carbons (Fsp3) is 0.0667. The molecule has 0 saturated heterocycles. The zero-order valence-electron chi connectivity index (χ0n) is 10.3. The lowest BCUT2D eigenvalue weighted by atomic mass is 10.1. The highest BCUT2D eigenvalue weighted by Gasteiger charge is 2.05. The quantitative estimate of drug-likeness (QED) is 0.740. The molecule has 4 heteroatoms. The molecule has 0 aliphatic carbocycles. The van der Waals surface area contributed by atoms with Crippen LogP contribution in [0.2, 0.25) is 0 Å². The first-order chi connectivity index (χ1) is 9.31. The second-order valence-electron chi connectivity index (χ2n) is 4.28. The van der Waals surface area contributed by atoms with Gasteiger partial charge in [0.1, 0.15) is 0 Å². The SMILES string of the molecule is Nc1ccc(-c2csc(Cc3ccncc3)n2)cc1. The van der Waals surface area contributed by atoms with Crippen molar-refractivity contribution in [3.8, 4) is 11.3 Å². The van der Waals surface area contributed by atoms with E-state index in [4.69, 9.17) is 5.73 Å². The molecule has 2 aromatic heterocycles. The van der Waals surface area contributed by atoms with Crippen LogP contribution in [0.25, 0.3) is 11.3 Å². The van der Waals surface area contributed by atoms with E-state index < -0.39 is 0 Å². The molecule has 94 valence electrons. The van der Waals surface area contributed by atoms with Gasteiger partial charge in [0.25, 0.3) is 0 Å². The second-order valence-corrected chi connectivity index (χ2v) is 5.22. The predicted octanol–water partition coefficient (Wildman–Crippen LogP) is 3.38. The summed E-state index contributed by atoms with van der Waals surface area (Å²) in [4.78, 5) is 8.68. The molecule has 2 N–H and O–H groups in total. The van der Waals surface area contributed by atoms with Gasteiger partial charge in [0.05, 0.1) is 10.7 Å². The van der Waals surface area contributed by atoms with Gasteiger partial charge in [-0.05, 0) is 29.8 Å². The van der Waals surface area contributed by atoms with Crippen LogP contribution in [0.1, 0.15) is 10.6 Å². The molecule has 0 amide bonds. The largest absolute Gasteiger partial charge is 0.399 e. The highest BCUT2D eigenvalue weighted by Crippen LogP contribution is 2.24. The van der Waals surface area contributed by atoms with Crippen LogP contribution in [-0.2, 0) is 6.42 Å². The lowest BCUT2D eigenvalue weighted by Gasteiger charge is -1.98. The van der Waals surface area contributed by atoms with Gasteiger partial charge in [-0.1, -0.05) is 12.1 Å². The minimum absolute atomic E-state index is 0.774. The monoisotopic (exact) mass is 267 g/mol. The second kappa shape index (κ2) is 5.20. The Labute approximate surface area is 115 Å². The Morgan fingerprint density at radius 3 is 2.47 bits per heavy atom. The van der Waals surface area contributed by atoms with E-state index in [0.29, 0.717) is 0 Å². The first-order valence-corrected chi connectivity index (χ1v) is 6.88. The number of anilines is 1. The average molecular weight is 267 g/mol. The van der Waals surface area contributed by atoms with E-state index >= 15 is 0 Å². The maximum atomic E-state index is 5.69. The molecule has 19 heavy (non-hydrogen) atoms. The molecule has 3 aromatic rings. The summed E-state index contributed by atoms with van der Waals surface area (Å²) in [6.45, 7) is 0. The number of hydrogen-bond acceptors (Lipinski definition) is 4. The van der Waals surface area contributed by atoms with Gasteiger partial charge in [-0.3, -0.25) is 4.98 Å². The molecule has 0 unspecified atom stereocenters. The van der Waals surface area contributed by atoms with E-state index in [9.17, 15) is 0 Å². The third kappa shape index (κ3) is 2.80. The molecule has 0 aliphatic rings. The van der Waals surface area contributed by atoms with Crippen molar-refractivity contribution in [1.82, 2.24) is 9.97 Å². The summed E-state index contributed by atoms with van der Waals surface area (Å²) >= 11 is 1.68. The van der Waals surface area contributed by atoms with Crippen molar-refractivity contribution in [3.63, 3.8) is 0 Å². The molecule has 3 rings (SSSR count). The Bertz CT molecular complexity index is 659. The van der Waals surface area contributed by atoms with Gasteiger partial charge in [-0.15, -0.1) is 11.3 Å². The van der Waals surface area contributed by atoms with Gasteiger partial charge >= 0.3 is 0 Å². The zero-order chi connectivity index (χ0) is 13.1. The summed E-state index contributed by atoms with van der Waals surface area (Å²) in [6.07, 6.45) is 4.47. The Kier molecular flexibility index (Phi) is 3.25. The highest BCUT2D eigenvalue weighted by atomic mass is 32.1. The lowest BCUT2D eigenvalue weighted by molar-refractivity contribution is 1.12. The van der Waals surface area contributed by atoms with Gasteiger partial charge < -0.3 is 5.73 Å². The summed E-state index contributed by atoms with van der Waals surface area (Å²) in [5.74, 6) is 0. The Morgan fingerprint density at radius 2 is 1.74 bits per heavy atom. The minimum atomic E-state index is 0.774. The van der Waals surface area contributed by atoms with Crippen molar-refractivity contribution < 1.29 is 0 Å². The molecule has 1 aromatic carbocycles. The van der Waals surface area contributed by atoms with Crippen molar-refractivity contribution in [2.45, 2.75) is 6.42 Å². The number of hydrogen-bond donors (Lipinski definition) is 1. The van der Waals surface area contributed by atoms with Crippen LogP contribution < -0.4 is 5.73 Å². The maximum Gasteiger partial charge on any atom is 0.0976 e. The van der Waals surface area contributed by atoms with Crippen LogP contribution in [0.5, 0.6) is 0 Å². The Hall–Kier alpha value is -2.20. The predicted molar refractivity (Wildman–Crippen MR) is 79.0 cm³/mol. The number of pyridine rings is 1. The number of nitrogens with zero attached hydrogens (tertiary/aromatic N) is 2. The fourth-order valence-corrected chi connectivity index (χ4v) is 2.69. The van der Waals surface area contributed by atoms with Crippen LogP contribution in [0.15, 0.2) is 54.2 Å². The Balaban J connectivity index is 1.82. The van der Waals surface area contributed by atoms with Crippen LogP contribution in [0.4, 0.5) is 5.69 Å². The normalized spacial score (nSPS) is 10.5. The molecule has 3 nitrogen and oxygen atoms in total. The summed E-state index contributed by atoms with van der Waals surface area (Å²) in [7, 11) is 0. The molecule has 0 bridgehead atoms. The van der Waals surface area contributed by atoms with Crippen molar-refractivity contribution in [2.75, 3.05) is 5.73 Å². The third-order valence-corrected chi connectivity index (χ3v) is 3.71. The molecule has 0 radical (unpaired) electrons. The Morgan fingerprint density at radius 1 is 1.00 bits per heavy atom. The van der Waals surface area contributed by atoms with E-state index in [1.165, 1.54) is 5.56 Å². The van der Waals surface area contributed by atoms with Crippen molar-refractivity contribution >= 4 is 17.0 Å². The van der Waals surface area contributed by atoms with Crippen molar-refractivity contribution in [2.24, 2.45) is 0 Å². The number of nitrogens with two attached hydrogens (primary N) is 1. The number of aromatic nitrogens is 2. The first-order valence-electron chi connectivity index (χ1n) is 6.00. The average Bonchev–Trinajstić information content (AvgIpc) is 2.89. The van der Waals surface area contributed by atoms with Crippen molar-refractivity contribution in [1.29, 1.82) is 0 Å². The number of benzene rings is 1. The van der Waals surface area contributed by atoms with Crippen LogP contribution in [0, 0.1) is 0 Å². The molecule has 0 aliphatic heterocycles. The van der Waals surface area contributed by atoms with E-state index in [0.717, 1.165) is 28.4 Å². The van der Waals surface area contributed by atoms with Crippen LogP contribution in [0.3, 0.4) is 0 Å². The van der Waals surface area contributed by atoms with Crippen molar-refractivity contribution in [3.05, 3.63) is 64.7 Å². The van der Waals surface area contributed by atoms with E-state index in [1.54, 1.807) is 11.3 Å². The van der Waals surface area contributed by atoms with E-state index in [1.807, 2.05) is 48.8 Å². The summed E-state index contributed by atoms with van der Waals surface area (Å²) in [5, 5.41) is 3.19. The zero-order valence-corrected chi connectivity index (χ0v) is 11.1. The summed E-state index contributed by atoms with van der Waals surface area (Å²) < 4.78 is 0. The minimum Gasteiger partial charge on any atom is -0.399 e. The molecule has 0 saturated carbocycles. The lowest BCUT2D eigenvalue weighted by Crippen LogP contribution is -1.88. The number of thiazole rings is 1. The van der Waals surface area contributed by atoms with Gasteiger partial charge in [-0.25, -0.2) is 4.98 Å². The fourth-order valence-electron chi connectivity index (χ4n) is 1.85. The first kappa shape index (κ1) is 11.9. The molecule has 0 atom stereocenters. The summed E-state index contributed by atoms with van der Waals surface area (Å²) in [5.41, 5.74) is 9.80. The van der Waals surface area contributed by atoms with Gasteiger partial charge in [0.2, 0.25) is 0 Å². The summed E-state index contributed by atoms with van der Waals surface area (Å²) in [6, 6.07) is 11.8. The molecule has 2 heterocycles. The van der Waals surface area contributed by atoms with Crippen LogP contribution in [-0.4, -0.2) is 9.97 Å². The topological polar surface area (TPSA) is 51.8 Å². The number of nitrogen functional groups attached to an aromatic ring is 1. The van der Waals surface area contributed by atoms with Gasteiger partial charge in [-0.2, -0.15) is 0 Å². The smallest absolute Gasteiger partial charge is 0.0976 e. The third-order valence-electron chi connectivity index (χ3n) is 2.86. The standard InChI is InChI=1S/C15H13N3S/c16-13-3-1-12(2-4-13)14-10-19-15(18-14)9-11-5-7-17-8-6-11/h1-8,10H,9,16H2.